The Hall–Kier alpha value is -2.83. The van der Waals surface area contributed by atoms with E-state index < -0.39 is 0 Å². The number of aromatic nitrogens is 2. The number of benzene rings is 1. The first-order valence-corrected chi connectivity index (χ1v) is 8.04. The lowest BCUT2D eigenvalue weighted by Crippen LogP contribution is -2.38. The molecule has 2 aromatic rings. The van der Waals surface area contributed by atoms with E-state index in [4.69, 9.17) is 0 Å². The van der Waals surface area contributed by atoms with Gasteiger partial charge in [0, 0.05) is 31.9 Å². The molecular weight excluding hydrogens is 304 g/mol. The summed E-state index contributed by atoms with van der Waals surface area (Å²) in [5.74, 6) is 0.689. The third kappa shape index (κ3) is 5.42. The summed E-state index contributed by atoms with van der Waals surface area (Å²) in [5.41, 5.74) is 2.74. The Labute approximate surface area is 142 Å². The minimum absolute atomic E-state index is 0.0701. The molecule has 1 heterocycles. The van der Waals surface area contributed by atoms with Gasteiger partial charge in [-0.2, -0.15) is 5.10 Å². The first kappa shape index (κ1) is 17.5. The number of carbonyl (C=O) groups excluding carboxylic acids is 1. The van der Waals surface area contributed by atoms with E-state index in [2.05, 4.69) is 31.1 Å². The van der Waals surface area contributed by atoms with Gasteiger partial charge in [0.25, 0.3) is 5.91 Å². The molecule has 0 saturated carbocycles. The largest absolute Gasteiger partial charge is 0.357 e. The highest BCUT2D eigenvalue weighted by Crippen LogP contribution is 2.05. The maximum Gasteiger partial charge on any atom is 0.251 e. The third-order valence-electron chi connectivity index (χ3n) is 3.43. The van der Waals surface area contributed by atoms with Gasteiger partial charge in [0.2, 0.25) is 0 Å². The molecule has 0 aliphatic carbocycles. The van der Waals surface area contributed by atoms with Crippen LogP contribution in [0.3, 0.4) is 0 Å². The van der Waals surface area contributed by atoms with Crippen LogP contribution in [0.1, 0.15) is 28.5 Å². The summed E-state index contributed by atoms with van der Waals surface area (Å²) in [4.78, 5) is 16.2. The van der Waals surface area contributed by atoms with Gasteiger partial charge in [-0.1, -0.05) is 12.1 Å². The van der Waals surface area contributed by atoms with Gasteiger partial charge in [-0.25, -0.2) is 4.99 Å². The first-order chi connectivity index (χ1) is 11.7. The van der Waals surface area contributed by atoms with E-state index in [0.29, 0.717) is 12.1 Å². The van der Waals surface area contributed by atoms with Crippen LogP contribution in [0.5, 0.6) is 0 Å². The summed E-state index contributed by atoms with van der Waals surface area (Å²) >= 11 is 0. The van der Waals surface area contributed by atoms with Crippen molar-refractivity contribution in [2.24, 2.45) is 4.99 Å². The quantitative estimate of drug-likeness (QED) is 0.452. The SMILES string of the molecule is CCNC(=NCc1ccn[nH]1)NCCc1cccc(C(=O)NC)c1. The lowest BCUT2D eigenvalue weighted by Gasteiger charge is -2.11. The van der Waals surface area contributed by atoms with E-state index in [1.165, 1.54) is 0 Å². The van der Waals surface area contributed by atoms with E-state index in [1.54, 1.807) is 13.2 Å². The van der Waals surface area contributed by atoms with Crippen LogP contribution in [0.2, 0.25) is 0 Å². The highest BCUT2D eigenvalue weighted by Gasteiger charge is 2.04. The van der Waals surface area contributed by atoms with Crippen LogP contribution < -0.4 is 16.0 Å². The van der Waals surface area contributed by atoms with Gasteiger partial charge >= 0.3 is 0 Å². The Balaban J connectivity index is 1.88. The number of guanidine groups is 1. The van der Waals surface area contributed by atoms with Crippen molar-refractivity contribution in [1.29, 1.82) is 0 Å². The van der Waals surface area contributed by atoms with Crippen LogP contribution in [-0.4, -0.2) is 42.2 Å². The molecule has 1 amide bonds. The normalized spacial score (nSPS) is 11.2. The number of nitrogens with one attached hydrogen (secondary N) is 4. The minimum atomic E-state index is -0.0701. The van der Waals surface area contributed by atoms with Gasteiger partial charge in [-0.3, -0.25) is 9.89 Å². The summed E-state index contributed by atoms with van der Waals surface area (Å²) in [7, 11) is 1.63. The Bertz CT molecular complexity index is 665. The molecule has 0 aliphatic heterocycles. The number of H-pyrrole nitrogens is 1. The van der Waals surface area contributed by atoms with Gasteiger partial charge in [0.05, 0.1) is 12.2 Å². The highest BCUT2D eigenvalue weighted by molar-refractivity contribution is 5.94. The molecule has 1 aromatic heterocycles. The van der Waals surface area contributed by atoms with E-state index >= 15 is 0 Å². The molecule has 0 atom stereocenters. The number of carbonyl (C=O) groups is 1. The van der Waals surface area contributed by atoms with Crippen molar-refractivity contribution in [3.63, 3.8) is 0 Å². The number of amides is 1. The first-order valence-electron chi connectivity index (χ1n) is 8.04. The lowest BCUT2D eigenvalue weighted by molar-refractivity contribution is 0.0963. The lowest BCUT2D eigenvalue weighted by atomic mass is 10.1. The molecule has 0 spiro atoms. The van der Waals surface area contributed by atoms with Crippen molar-refractivity contribution in [2.45, 2.75) is 19.9 Å². The van der Waals surface area contributed by atoms with Crippen LogP contribution in [0.25, 0.3) is 0 Å². The molecule has 0 unspecified atom stereocenters. The van der Waals surface area contributed by atoms with Gasteiger partial charge in [-0.05, 0) is 37.1 Å². The molecule has 0 aliphatic rings. The zero-order valence-electron chi connectivity index (χ0n) is 14.1. The summed E-state index contributed by atoms with van der Waals surface area (Å²) < 4.78 is 0. The molecule has 7 nitrogen and oxygen atoms in total. The summed E-state index contributed by atoms with van der Waals surface area (Å²) in [6.45, 7) is 4.09. The second kappa shape index (κ2) is 9.34. The smallest absolute Gasteiger partial charge is 0.251 e. The molecule has 2 rings (SSSR count). The molecule has 0 radical (unpaired) electrons. The van der Waals surface area contributed by atoms with Crippen LogP contribution >= 0.6 is 0 Å². The van der Waals surface area contributed by atoms with E-state index in [1.807, 2.05) is 37.3 Å². The Morgan fingerprint density at radius 1 is 1.29 bits per heavy atom. The average molecular weight is 328 g/mol. The average Bonchev–Trinajstić information content (AvgIpc) is 3.12. The fourth-order valence-electron chi connectivity index (χ4n) is 2.22. The predicted octanol–water partition coefficient (Wildman–Crippen LogP) is 1.07. The Morgan fingerprint density at radius 3 is 2.88 bits per heavy atom. The van der Waals surface area contributed by atoms with Crippen LogP contribution in [0, 0.1) is 0 Å². The molecule has 0 saturated heterocycles. The summed E-state index contributed by atoms with van der Waals surface area (Å²) in [6, 6.07) is 9.54. The van der Waals surface area contributed by atoms with Crippen molar-refractivity contribution in [3.8, 4) is 0 Å². The van der Waals surface area contributed by atoms with Crippen molar-refractivity contribution in [3.05, 3.63) is 53.3 Å². The molecule has 0 bridgehead atoms. The Morgan fingerprint density at radius 2 is 2.17 bits per heavy atom. The maximum atomic E-state index is 11.7. The topological polar surface area (TPSA) is 94.2 Å². The number of aliphatic imine (C=N–C) groups is 1. The number of nitrogens with zero attached hydrogens (tertiary/aromatic N) is 2. The predicted molar refractivity (Wildman–Crippen MR) is 94.9 cm³/mol. The molecule has 7 heteroatoms. The van der Waals surface area contributed by atoms with Crippen molar-refractivity contribution >= 4 is 11.9 Å². The van der Waals surface area contributed by atoms with Crippen molar-refractivity contribution in [2.75, 3.05) is 20.1 Å². The fraction of sp³-hybridized carbons (Fsp3) is 0.353. The number of hydrogen-bond donors (Lipinski definition) is 4. The van der Waals surface area contributed by atoms with Crippen LogP contribution in [-0.2, 0) is 13.0 Å². The van der Waals surface area contributed by atoms with Gasteiger partial charge in [-0.15, -0.1) is 0 Å². The summed E-state index contributed by atoms with van der Waals surface area (Å²) in [5, 5.41) is 15.9. The molecular formula is C17H24N6O. The van der Waals surface area contributed by atoms with Crippen LogP contribution in [0.4, 0.5) is 0 Å². The van der Waals surface area contributed by atoms with E-state index in [9.17, 15) is 4.79 Å². The number of rotatable bonds is 7. The number of hydrogen-bond acceptors (Lipinski definition) is 3. The number of aromatic amines is 1. The van der Waals surface area contributed by atoms with E-state index in [0.717, 1.165) is 36.7 Å². The van der Waals surface area contributed by atoms with E-state index in [-0.39, 0.29) is 5.91 Å². The van der Waals surface area contributed by atoms with Gasteiger partial charge in [0.15, 0.2) is 5.96 Å². The molecule has 4 N–H and O–H groups in total. The molecule has 0 fully saturated rings. The maximum absolute atomic E-state index is 11.7. The Kier molecular flexibility index (Phi) is 6.82. The zero-order valence-corrected chi connectivity index (χ0v) is 14.1. The van der Waals surface area contributed by atoms with Crippen LogP contribution in [0.15, 0.2) is 41.5 Å². The second-order valence-corrected chi connectivity index (χ2v) is 5.23. The van der Waals surface area contributed by atoms with Crippen molar-refractivity contribution < 1.29 is 4.79 Å². The minimum Gasteiger partial charge on any atom is -0.357 e. The standard InChI is InChI=1S/C17H24N6O/c1-3-19-17(21-12-15-8-10-22-23-15)20-9-7-13-5-4-6-14(11-13)16(24)18-2/h4-6,8,10-11H,3,7,9,12H2,1-2H3,(H,18,24)(H,22,23)(H2,19,20,21). The molecule has 128 valence electrons. The summed E-state index contributed by atoms with van der Waals surface area (Å²) in [6.07, 6.45) is 2.52. The molecule has 1 aromatic carbocycles. The van der Waals surface area contributed by atoms with Gasteiger partial charge < -0.3 is 16.0 Å². The third-order valence-corrected chi connectivity index (χ3v) is 3.43. The monoisotopic (exact) mass is 328 g/mol. The molecule has 24 heavy (non-hydrogen) atoms. The highest BCUT2D eigenvalue weighted by atomic mass is 16.1. The van der Waals surface area contributed by atoms with Crippen molar-refractivity contribution in [1.82, 2.24) is 26.1 Å². The zero-order chi connectivity index (χ0) is 17.2. The second-order valence-electron chi connectivity index (χ2n) is 5.23. The van der Waals surface area contributed by atoms with Gasteiger partial charge in [0.1, 0.15) is 0 Å². The fourth-order valence-corrected chi connectivity index (χ4v) is 2.22.